The van der Waals surface area contributed by atoms with Crippen molar-refractivity contribution in [3.63, 3.8) is 0 Å². The molecular formula is C10H10BrNO5. The topological polar surface area (TPSA) is 80.0 Å². The van der Waals surface area contributed by atoms with Gasteiger partial charge in [0.15, 0.2) is 10.7 Å². The van der Waals surface area contributed by atoms with E-state index >= 15 is 0 Å². The van der Waals surface area contributed by atoms with E-state index in [0.717, 1.165) is 0 Å². The third kappa shape index (κ3) is 2.34. The van der Waals surface area contributed by atoms with Crippen LogP contribution in [0.4, 0.5) is 0 Å². The van der Waals surface area contributed by atoms with Crippen LogP contribution < -0.4 is 0 Å². The van der Waals surface area contributed by atoms with Crippen LogP contribution in [0.2, 0.25) is 0 Å². The molecule has 1 amide bonds. The van der Waals surface area contributed by atoms with E-state index in [2.05, 4.69) is 15.9 Å². The molecule has 92 valence electrons. The molecule has 0 radical (unpaired) electrons. The lowest BCUT2D eigenvalue weighted by atomic mass is 10.2. The van der Waals surface area contributed by atoms with Gasteiger partial charge in [-0.05, 0) is 22.0 Å². The van der Waals surface area contributed by atoms with Crippen molar-refractivity contribution < 1.29 is 23.8 Å². The molecule has 0 saturated carbocycles. The Morgan fingerprint density at radius 1 is 1.53 bits per heavy atom. The minimum atomic E-state index is -1.07. The Labute approximate surface area is 105 Å². The molecular weight excluding hydrogens is 294 g/mol. The normalized spacial score (nSPS) is 20.3. The van der Waals surface area contributed by atoms with Crippen molar-refractivity contribution in [2.75, 3.05) is 19.8 Å². The first-order valence-corrected chi connectivity index (χ1v) is 5.75. The molecule has 0 bridgehead atoms. The summed E-state index contributed by atoms with van der Waals surface area (Å²) in [6.45, 7) is 0.606. The van der Waals surface area contributed by atoms with Gasteiger partial charge in [-0.25, -0.2) is 4.79 Å². The van der Waals surface area contributed by atoms with Crippen LogP contribution in [-0.2, 0) is 9.53 Å². The molecule has 1 aliphatic rings. The lowest BCUT2D eigenvalue weighted by Crippen LogP contribution is -2.52. The highest BCUT2D eigenvalue weighted by atomic mass is 79.9. The van der Waals surface area contributed by atoms with E-state index in [-0.39, 0.29) is 19.1 Å². The highest BCUT2D eigenvalue weighted by molar-refractivity contribution is 9.10. The van der Waals surface area contributed by atoms with Gasteiger partial charge in [-0.15, -0.1) is 0 Å². The van der Waals surface area contributed by atoms with Gasteiger partial charge < -0.3 is 19.2 Å². The SMILES string of the molecule is O=C(O)C1COCCN1C(=O)c1ccoc1Br. The molecule has 0 aliphatic carbocycles. The number of carbonyl (C=O) groups is 2. The third-order valence-electron chi connectivity index (χ3n) is 2.52. The molecule has 2 rings (SSSR count). The van der Waals surface area contributed by atoms with Crippen molar-refractivity contribution in [3.8, 4) is 0 Å². The van der Waals surface area contributed by atoms with Crippen molar-refractivity contribution in [3.05, 3.63) is 22.6 Å². The number of amides is 1. The highest BCUT2D eigenvalue weighted by Crippen LogP contribution is 2.21. The zero-order valence-electron chi connectivity index (χ0n) is 8.76. The fraction of sp³-hybridized carbons (Fsp3) is 0.400. The maximum absolute atomic E-state index is 12.1. The van der Waals surface area contributed by atoms with Crippen LogP contribution in [0.25, 0.3) is 0 Å². The molecule has 0 aromatic carbocycles. The summed E-state index contributed by atoms with van der Waals surface area (Å²) in [6.07, 6.45) is 1.37. The first kappa shape index (κ1) is 12.1. The molecule has 1 saturated heterocycles. The first-order chi connectivity index (χ1) is 8.11. The quantitative estimate of drug-likeness (QED) is 0.880. The largest absolute Gasteiger partial charge is 0.480 e. The Morgan fingerprint density at radius 2 is 2.29 bits per heavy atom. The second kappa shape index (κ2) is 4.89. The predicted molar refractivity (Wildman–Crippen MR) is 59.7 cm³/mol. The Bertz CT molecular complexity index is 444. The molecule has 17 heavy (non-hydrogen) atoms. The van der Waals surface area contributed by atoms with Gasteiger partial charge in [-0.3, -0.25) is 4.79 Å². The fourth-order valence-corrected chi connectivity index (χ4v) is 2.06. The number of halogens is 1. The summed E-state index contributed by atoms with van der Waals surface area (Å²) < 4.78 is 10.3. The van der Waals surface area contributed by atoms with E-state index in [9.17, 15) is 9.59 Å². The number of furan rings is 1. The van der Waals surface area contributed by atoms with Crippen LogP contribution in [0, 0.1) is 0 Å². The zero-order valence-corrected chi connectivity index (χ0v) is 10.3. The molecule has 2 heterocycles. The molecule has 1 unspecified atom stereocenters. The number of hydrogen-bond acceptors (Lipinski definition) is 4. The minimum absolute atomic E-state index is 0.0105. The van der Waals surface area contributed by atoms with Crippen molar-refractivity contribution >= 4 is 27.8 Å². The van der Waals surface area contributed by atoms with Crippen LogP contribution in [0.1, 0.15) is 10.4 Å². The number of ether oxygens (including phenoxy) is 1. The van der Waals surface area contributed by atoms with Gasteiger partial charge in [0, 0.05) is 6.54 Å². The average Bonchev–Trinajstić information content (AvgIpc) is 2.74. The standard InChI is InChI=1S/C10H10BrNO5/c11-8-6(1-3-17-8)9(13)12-2-4-16-5-7(12)10(14)15/h1,3,7H,2,4-5H2,(H,14,15). The molecule has 6 nitrogen and oxygen atoms in total. The Balaban J connectivity index is 2.23. The number of carboxylic acids is 1. The number of rotatable bonds is 2. The van der Waals surface area contributed by atoms with Crippen molar-refractivity contribution in [1.82, 2.24) is 4.90 Å². The third-order valence-corrected chi connectivity index (χ3v) is 3.14. The second-order valence-corrected chi connectivity index (χ2v) is 4.26. The van der Waals surface area contributed by atoms with E-state index in [4.69, 9.17) is 14.3 Å². The first-order valence-electron chi connectivity index (χ1n) is 4.95. The van der Waals surface area contributed by atoms with Gasteiger partial charge in [0.2, 0.25) is 0 Å². The smallest absolute Gasteiger partial charge is 0.328 e. The van der Waals surface area contributed by atoms with Crippen molar-refractivity contribution in [2.24, 2.45) is 0 Å². The van der Waals surface area contributed by atoms with E-state index in [1.54, 1.807) is 0 Å². The Morgan fingerprint density at radius 3 is 2.88 bits per heavy atom. The summed E-state index contributed by atoms with van der Waals surface area (Å²) in [5.41, 5.74) is 0.318. The summed E-state index contributed by atoms with van der Waals surface area (Å²) in [7, 11) is 0. The van der Waals surface area contributed by atoms with Crippen LogP contribution in [0.3, 0.4) is 0 Å². The summed E-state index contributed by atoms with van der Waals surface area (Å²) in [5, 5.41) is 9.02. The van der Waals surface area contributed by atoms with Gasteiger partial charge >= 0.3 is 5.97 Å². The van der Waals surface area contributed by atoms with Crippen LogP contribution in [0.5, 0.6) is 0 Å². The van der Waals surface area contributed by atoms with Gasteiger partial charge in [0.25, 0.3) is 5.91 Å². The van der Waals surface area contributed by atoms with E-state index in [0.29, 0.717) is 16.8 Å². The van der Waals surface area contributed by atoms with Gasteiger partial charge in [-0.2, -0.15) is 0 Å². The number of aliphatic carboxylic acids is 1. The van der Waals surface area contributed by atoms with Crippen molar-refractivity contribution in [1.29, 1.82) is 0 Å². The number of hydrogen-bond donors (Lipinski definition) is 1. The van der Waals surface area contributed by atoms with Gasteiger partial charge in [0.05, 0.1) is 25.0 Å². The summed E-state index contributed by atoms with van der Waals surface area (Å²) in [4.78, 5) is 24.4. The van der Waals surface area contributed by atoms with Crippen LogP contribution in [0.15, 0.2) is 21.4 Å². The molecule has 1 atom stereocenters. The number of morpholine rings is 1. The van der Waals surface area contributed by atoms with E-state index in [1.807, 2.05) is 0 Å². The van der Waals surface area contributed by atoms with Crippen LogP contribution >= 0.6 is 15.9 Å². The second-order valence-electron chi connectivity index (χ2n) is 3.54. The van der Waals surface area contributed by atoms with E-state index in [1.165, 1.54) is 17.2 Å². The Kier molecular flexibility index (Phi) is 3.49. The molecule has 1 aromatic heterocycles. The maximum atomic E-state index is 12.1. The summed E-state index contributed by atoms with van der Waals surface area (Å²) in [5.74, 6) is -1.45. The van der Waals surface area contributed by atoms with Crippen molar-refractivity contribution in [2.45, 2.75) is 6.04 Å². The molecule has 1 fully saturated rings. The zero-order chi connectivity index (χ0) is 12.4. The molecule has 1 aromatic rings. The van der Waals surface area contributed by atoms with E-state index < -0.39 is 12.0 Å². The number of carboxylic acid groups (broad SMARTS) is 1. The molecule has 1 N–H and O–H groups in total. The minimum Gasteiger partial charge on any atom is -0.480 e. The van der Waals surface area contributed by atoms with Gasteiger partial charge in [0.1, 0.15) is 0 Å². The molecule has 0 spiro atoms. The number of nitrogens with zero attached hydrogens (tertiary/aromatic N) is 1. The Hall–Kier alpha value is -1.34. The lowest BCUT2D eigenvalue weighted by Gasteiger charge is -2.32. The van der Waals surface area contributed by atoms with Crippen LogP contribution in [-0.4, -0.2) is 47.7 Å². The summed E-state index contributed by atoms with van der Waals surface area (Å²) in [6, 6.07) is 0.555. The maximum Gasteiger partial charge on any atom is 0.328 e. The average molecular weight is 304 g/mol. The predicted octanol–water partition coefficient (Wildman–Crippen LogP) is 0.968. The molecule has 7 heteroatoms. The monoisotopic (exact) mass is 303 g/mol. The number of carbonyl (C=O) groups excluding carboxylic acids is 1. The lowest BCUT2D eigenvalue weighted by molar-refractivity contribution is -0.147. The summed E-state index contributed by atoms with van der Waals surface area (Å²) >= 11 is 3.10. The fourth-order valence-electron chi connectivity index (χ4n) is 1.65. The van der Waals surface area contributed by atoms with Gasteiger partial charge in [-0.1, -0.05) is 0 Å². The molecule has 1 aliphatic heterocycles. The highest BCUT2D eigenvalue weighted by Gasteiger charge is 2.34.